The first-order valence-corrected chi connectivity index (χ1v) is 7.05. The van der Waals surface area contributed by atoms with Crippen LogP contribution in [0.2, 0.25) is 0 Å². The smallest absolute Gasteiger partial charge is 0.252 e. The summed E-state index contributed by atoms with van der Waals surface area (Å²) >= 11 is 0. The molecule has 0 aromatic carbocycles. The molecule has 6 heteroatoms. The fourth-order valence-electron chi connectivity index (χ4n) is 2.41. The van der Waals surface area contributed by atoms with Crippen molar-refractivity contribution in [2.75, 3.05) is 13.2 Å². The number of carbonyl (C=O) groups is 1. The summed E-state index contributed by atoms with van der Waals surface area (Å²) in [5.41, 5.74) is 0.297. The number of rotatable bonds is 4. The highest BCUT2D eigenvalue weighted by Gasteiger charge is 2.30. The Kier molecular flexibility index (Phi) is 3.70. The van der Waals surface area contributed by atoms with Gasteiger partial charge in [0.15, 0.2) is 5.82 Å². The molecule has 110 valence electrons. The first kappa shape index (κ1) is 13.8. The van der Waals surface area contributed by atoms with Crippen molar-refractivity contribution in [3.05, 3.63) is 42.4 Å². The Bertz CT molecular complexity index is 601. The fourth-order valence-corrected chi connectivity index (χ4v) is 2.41. The predicted molar refractivity (Wildman–Crippen MR) is 77.3 cm³/mol. The Hall–Kier alpha value is -2.21. The molecule has 1 aliphatic heterocycles. The van der Waals surface area contributed by atoms with Crippen LogP contribution in [0.25, 0.3) is 5.82 Å². The fraction of sp³-hybridized carbons (Fsp3) is 0.400. The number of pyridine rings is 1. The number of nitrogens with one attached hydrogen (secondary N) is 1. The molecule has 3 heterocycles. The largest absolute Gasteiger partial charge is 0.373 e. The molecular formula is C15H18N4O2. The van der Waals surface area contributed by atoms with E-state index in [0.717, 1.165) is 19.4 Å². The van der Waals surface area contributed by atoms with Crippen LogP contribution >= 0.6 is 0 Å². The van der Waals surface area contributed by atoms with Crippen molar-refractivity contribution in [3.8, 4) is 5.82 Å². The van der Waals surface area contributed by atoms with Gasteiger partial charge in [-0.1, -0.05) is 0 Å². The highest BCUT2D eigenvalue weighted by atomic mass is 16.5. The van der Waals surface area contributed by atoms with Crippen LogP contribution in [0, 0.1) is 0 Å². The van der Waals surface area contributed by atoms with Gasteiger partial charge in [0, 0.05) is 31.7 Å². The monoisotopic (exact) mass is 286 g/mol. The van der Waals surface area contributed by atoms with E-state index in [-0.39, 0.29) is 11.5 Å². The van der Waals surface area contributed by atoms with Crippen molar-refractivity contribution in [3.63, 3.8) is 0 Å². The SMILES string of the molecule is CC1(CNC(=O)c2ccc(-n3cccn3)nc2)CCCO1. The van der Waals surface area contributed by atoms with Crippen LogP contribution in [0.15, 0.2) is 36.8 Å². The van der Waals surface area contributed by atoms with E-state index in [0.29, 0.717) is 17.9 Å². The summed E-state index contributed by atoms with van der Waals surface area (Å²) in [6.07, 6.45) is 7.07. The lowest BCUT2D eigenvalue weighted by molar-refractivity contribution is 0.0206. The molecule has 3 rings (SSSR count). The zero-order valence-electron chi connectivity index (χ0n) is 12.0. The molecule has 0 radical (unpaired) electrons. The van der Waals surface area contributed by atoms with Gasteiger partial charge >= 0.3 is 0 Å². The summed E-state index contributed by atoms with van der Waals surface area (Å²) in [6.45, 7) is 3.32. The number of hydrogen-bond acceptors (Lipinski definition) is 4. The van der Waals surface area contributed by atoms with Crippen molar-refractivity contribution in [1.29, 1.82) is 0 Å². The van der Waals surface area contributed by atoms with E-state index < -0.39 is 0 Å². The molecule has 1 N–H and O–H groups in total. The summed E-state index contributed by atoms with van der Waals surface area (Å²) in [7, 11) is 0. The van der Waals surface area contributed by atoms with Gasteiger partial charge in [-0.25, -0.2) is 9.67 Å². The second-order valence-corrected chi connectivity index (χ2v) is 5.44. The van der Waals surface area contributed by atoms with Crippen LogP contribution < -0.4 is 5.32 Å². The quantitative estimate of drug-likeness (QED) is 0.926. The van der Waals surface area contributed by atoms with Crippen molar-refractivity contribution in [1.82, 2.24) is 20.1 Å². The summed E-state index contributed by atoms with van der Waals surface area (Å²) in [6, 6.07) is 5.34. The minimum Gasteiger partial charge on any atom is -0.373 e. The molecule has 0 saturated carbocycles. The first-order chi connectivity index (χ1) is 10.2. The van der Waals surface area contributed by atoms with Crippen LogP contribution in [0.1, 0.15) is 30.1 Å². The maximum atomic E-state index is 12.1. The van der Waals surface area contributed by atoms with Crippen LogP contribution in [-0.4, -0.2) is 39.4 Å². The molecule has 0 spiro atoms. The maximum absolute atomic E-state index is 12.1. The van der Waals surface area contributed by atoms with E-state index in [1.165, 1.54) is 0 Å². The zero-order chi connectivity index (χ0) is 14.7. The van der Waals surface area contributed by atoms with Crippen LogP contribution in [0.3, 0.4) is 0 Å². The molecule has 21 heavy (non-hydrogen) atoms. The van der Waals surface area contributed by atoms with E-state index in [1.54, 1.807) is 35.4 Å². The minimum atomic E-state index is -0.238. The summed E-state index contributed by atoms with van der Waals surface area (Å²) < 4.78 is 7.30. The topological polar surface area (TPSA) is 69.0 Å². The number of carbonyl (C=O) groups excluding carboxylic acids is 1. The number of aromatic nitrogens is 3. The standard InChI is InChI=1S/C15H18N4O2/c1-15(6-2-9-21-15)11-17-14(20)12-4-5-13(16-10-12)19-8-3-7-18-19/h3-5,7-8,10H,2,6,9,11H2,1H3,(H,17,20). The molecule has 0 aliphatic carbocycles. The number of ether oxygens (including phenoxy) is 1. The van der Waals surface area contributed by atoms with Gasteiger partial charge in [0.2, 0.25) is 0 Å². The molecule has 1 fully saturated rings. The van der Waals surface area contributed by atoms with E-state index in [4.69, 9.17) is 4.74 Å². The lowest BCUT2D eigenvalue weighted by Crippen LogP contribution is -2.40. The van der Waals surface area contributed by atoms with Crippen molar-refractivity contribution in [2.45, 2.75) is 25.4 Å². The summed E-state index contributed by atoms with van der Waals surface area (Å²) in [5, 5.41) is 7.01. The lowest BCUT2D eigenvalue weighted by atomic mass is 10.0. The van der Waals surface area contributed by atoms with Gasteiger partial charge in [-0.05, 0) is 38.0 Å². The molecule has 2 aromatic rings. The number of nitrogens with zero attached hydrogens (tertiary/aromatic N) is 3. The molecule has 1 unspecified atom stereocenters. The van der Waals surface area contributed by atoms with Gasteiger partial charge < -0.3 is 10.1 Å². The van der Waals surface area contributed by atoms with Crippen molar-refractivity contribution < 1.29 is 9.53 Å². The van der Waals surface area contributed by atoms with Gasteiger partial charge in [-0.3, -0.25) is 4.79 Å². The zero-order valence-corrected chi connectivity index (χ0v) is 12.0. The third-order valence-electron chi connectivity index (χ3n) is 3.67. The van der Waals surface area contributed by atoms with Crippen LogP contribution in [0.4, 0.5) is 0 Å². The lowest BCUT2D eigenvalue weighted by Gasteiger charge is -2.23. The Labute approximate surface area is 123 Å². The van der Waals surface area contributed by atoms with E-state index >= 15 is 0 Å². The molecule has 1 aliphatic rings. The highest BCUT2D eigenvalue weighted by molar-refractivity contribution is 5.93. The van der Waals surface area contributed by atoms with E-state index in [9.17, 15) is 4.79 Å². The average Bonchev–Trinajstić information content (AvgIpc) is 3.17. The molecule has 2 aromatic heterocycles. The Morgan fingerprint density at radius 3 is 3.05 bits per heavy atom. The third-order valence-corrected chi connectivity index (χ3v) is 3.67. The van der Waals surface area contributed by atoms with Gasteiger partial charge in [0.1, 0.15) is 0 Å². The second kappa shape index (κ2) is 5.65. The summed E-state index contributed by atoms with van der Waals surface area (Å²) in [4.78, 5) is 16.4. The molecule has 1 atom stereocenters. The number of hydrogen-bond donors (Lipinski definition) is 1. The highest BCUT2D eigenvalue weighted by Crippen LogP contribution is 2.23. The molecule has 6 nitrogen and oxygen atoms in total. The van der Waals surface area contributed by atoms with Crippen molar-refractivity contribution in [2.24, 2.45) is 0 Å². The van der Waals surface area contributed by atoms with Gasteiger partial charge in [0.25, 0.3) is 5.91 Å². The third kappa shape index (κ3) is 3.11. The van der Waals surface area contributed by atoms with Crippen LogP contribution in [0.5, 0.6) is 0 Å². The molecule has 0 bridgehead atoms. The van der Waals surface area contributed by atoms with Crippen molar-refractivity contribution >= 4 is 5.91 Å². The molecule has 1 saturated heterocycles. The molecular weight excluding hydrogens is 268 g/mol. The van der Waals surface area contributed by atoms with Gasteiger partial charge in [0.05, 0.1) is 11.2 Å². The minimum absolute atomic E-state index is 0.133. The Morgan fingerprint density at radius 1 is 1.52 bits per heavy atom. The summed E-state index contributed by atoms with van der Waals surface area (Å²) in [5.74, 6) is 0.550. The maximum Gasteiger partial charge on any atom is 0.252 e. The Morgan fingerprint density at radius 2 is 2.43 bits per heavy atom. The molecule has 1 amide bonds. The normalized spacial score (nSPS) is 21.4. The van der Waals surface area contributed by atoms with Crippen LogP contribution in [-0.2, 0) is 4.74 Å². The van der Waals surface area contributed by atoms with Gasteiger partial charge in [-0.15, -0.1) is 0 Å². The number of amides is 1. The van der Waals surface area contributed by atoms with E-state index in [2.05, 4.69) is 15.4 Å². The second-order valence-electron chi connectivity index (χ2n) is 5.44. The first-order valence-electron chi connectivity index (χ1n) is 7.05. The predicted octanol–water partition coefficient (Wildman–Crippen LogP) is 1.57. The van der Waals surface area contributed by atoms with E-state index in [1.807, 2.05) is 13.0 Å². The van der Waals surface area contributed by atoms with Gasteiger partial charge in [-0.2, -0.15) is 5.10 Å². The Balaban J connectivity index is 1.62. The average molecular weight is 286 g/mol.